The van der Waals surface area contributed by atoms with Crippen LogP contribution in [-0.4, -0.2) is 32.9 Å². The lowest BCUT2D eigenvalue weighted by Gasteiger charge is -2.12. The molecule has 0 atom stereocenters. The first-order valence-electron chi connectivity index (χ1n) is 7.17. The summed E-state index contributed by atoms with van der Waals surface area (Å²) in [7, 11) is -4.13. The van der Waals surface area contributed by atoms with Crippen LogP contribution < -0.4 is 10.5 Å². The summed E-state index contributed by atoms with van der Waals surface area (Å²) >= 11 is 11.6. The third-order valence-electron chi connectivity index (χ3n) is 3.60. The quantitative estimate of drug-likeness (QED) is 0.739. The number of benzene rings is 1. The standard InChI is InChI=1S/C14H16Cl2N2O5S/c15-10-6-11(16)12(24(17,21)22)5-9(10)14(20)23-7-13(19)18-8-3-1-2-4-8/h5-6,8H,1-4,7H2,(H,18,19)(H2,17,21,22). The van der Waals surface area contributed by atoms with E-state index in [9.17, 15) is 18.0 Å². The first-order valence-corrected chi connectivity index (χ1v) is 9.47. The molecule has 1 fully saturated rings. The van der Waals surface area contributed by atoms with E-state index >= 15 is 0 Å². The van der Waals surface area contributed by atoms with Gasteiger partial charge >= 0.3 is 5.97 Å². The molecule has 132 valence electrons. The summed E-state index contributed by atoms with van der Waals surface area (Å²) in [6, 6.07) is 2.11. The van der Waals surface area contributed by atoms with Crippen molar-refractivity contribution in [3.8, 4) is 0 Å². The van der Waals surface area contributed by atoms with E-state index in [1.165, 1.54) is 0 Å². The Bertz CT molecular complexity index is 761. The molecule has 0 aromatic heterocycles. The minimum Gasteiger partial charge on any atom is -0.452 e. The monoisotopic (exact) mass is 394 g/mol. The predicted octanol–water partition coefficient (Wildman–Crippen LogP) is 1.86. The maximum atomic E-state index is 12.0. The summed E-state index contributed by atoms with van der Waals surface area (Å²) in [5, 5.41) is 7.46. The number of primary sulfonamides is 1. The van der Waals surface area contributed by atoms with E-state index in [0.717, 1.165) is 37.8 Å². The Morgan fingerprint density at radius 2 is 1.83 bits per heavy atom. The van der Waals surface area contributed by atoms with Gasteiger partial charge in [0.05, 0.1) is 15.6 Å². The Morgan fingerprint density at radius 3 is 2.42 bits per heavy atom. The number of nitrogens with one attached hydrogen (secondary N) is 1. The van der Waals surface area contributed by atoms with Crippen LogP contribution in [0.15, 0.2) is 17.0 Å². The second kappa shape index (κ2) is 7.69. The van der Waals surface area contributed by atoms with Gasteiger partial charge in [0.15, 0.2) is 6.61 Å². The molecule has 0 bridgehead atoms. The van der Waals surface area contributed by atoms with E-state index in [-0.39, 0.29) is 21.7 Å². The molecule has 0 unspecified atom stereocenters. The van der Waals surface area contributed by atoms with E-state index in [1.807, 2.05) is 0 Å². The zero-order chi connectivity index (χ0) is 17.9. The molecule has 0 saturated heterocycles. The average molecular weight is 395 g/mol. The van der Waals surface area contributed by atoms with Crippen LogP contribution in [0.4, 0.5) is 0 Å². The number of esters is 1. The van der Waals surface area contributed by atoms with E-state index < -0.39 is 33.4 Å². The second-order valence-corrected chi connectivity index (χ2v) is 7.78. The number of amides is 1. The van der Waals surface area contributed by atoms with Crippen LogP contribution in [0.2, 0.25) is 10.0 Å². The minimum atomic E-state index is -4.13. The molecule has 1 aliphatic rings. The Balaban J connectivity index is 2.05. The Morgan fingerprint density at radius 1 is 1.21 bits per heavy atom. The number of carbonyl (C=O) groups excluding carboxylic acids is 2. The minimum absolute atomic E-state index is 0.101. The molecule has 0 aliphatic heterocycles. The van der Waals surface area contributed by atoms with Crippen LogP contribution in [0.3, 0.4) is 0 Å². The van der Waals surface area contributed by atoms with Crippen LogP contribution in [0, 0.1) is 0 Å². The molecule has 2 rings (SSSR count). The molecule has 1 aromatic rings. The van der Waals surface area contributed by atoms with Crippen LogP contribution >= 0.6 is 23.2 Å². The highest BCUT2D eigenvalue weighted by molar-refractivity contribution is 7.89. The zero-order valence-corrected chi connectivity index (χ0v) is 14.9. The van der Waals surface area contributed by atoms with Gasteiger partial charge in [0.25, 0.3) is 5.91 Å². The first-order chi connectivity index (χ1) is 11.2. The Kier molecular flexibility index (Phi) is 6.08. The van der Waals surface area contributed by atoms with Gasteiger partial charge in [0.1, 0.15) is 4.90 Å². The summed E-state index contributed by atoms with van der Waals surface area (Å²) in [6.45, 7) is -0.487. The average Bonchev–Trinajstić information content (AvgIpc) is 2.96. The number of rotatable bonds is 5. The van der Waals surface area contributed by atoms with Gasteiger partial charge in [-0.15, -0.1) is 0 Å². The van der Waals surface area contributed by atoms with Gasteiger partial charge in [0.2, 0.25) is 10.0 Å². The second-order valence-electron chi connectivity index (χ2n) is 5.43. The molecule has 1 aromatic carbocycles. The van der Waals surface area contributed by atoms with E-state index in [0.29, 0.717) is 0 Å². The van der Waals surface area contributed by atoms with Crippen LogP contribution in [0.5, 0.6) is 0 Å². The molecular formula is C14H16Cl2N2O5S. The number of hydrogen-bond acceptors (Lipinski definition) is 5. The first kappa shape index (κ1) is 19.0. The number of halogens is 2. The van der Waals surface area contributed by atoms with Crippen molar-refractivity contribution < 1.29 is 22.7 Å². The fourth-order valence-corrected chi connectivity index (χ4v) is 3.85. The molecule has 0 spiro atoms. The highest BCUT2D eigenvalue weighted by Gasteiger charge is 2.22. The number of hydrogen-bond donors (Lipinski definition) is 2. The zero-order valence-electron chi connectivity index (χ0n) is 12.6. The molecule has 0 heterocycles. The normalized spacial score (nSPS) is 15.3. The topological polar surface area (TPSA) is 116 Å². The van der Waals surface area contributed by atoms with E-state index in [2.05, 4.69) is 5.32 Å². The van der Waals surface area contributed by atoms with Gasteiger partial charge in [0, 0.05) is 6.04 Å². The van der Waals surface area contributed by atoms with Crippen molar-refractivity contribution >= 4 is 45.1 Å². The Hall–Kier alpha value is -1.35. The summed E-state index contributed by atoms with van der Waals surface area (Å²) in [4.78, 5) is 23.3. The van der Waals surface area contributed by atoms with Gasteiger partial charge in [-0.3, -0.25) is 4.79 Å². The lowest BCUT2D eigenvalue weighted by Crippen LogP contribution is -2.35. The van der Waals surface area contributed by atoms with Gasteiger partial charge in [-0.1, -0.05) is 36.0 Å². The van der Waals surface area contributed by atoms with Gasteiger partial charge in [-0.2, -0.15) is 0 Å². The molecule has 24 heavy (non-hydrogen) atoms. The largest absolute Gasteiger partial charge is 0.452 e. The van der Waals surface area contributed by atoms with Crippen molar-refractivity contribution in [2.45, 2.75) is 36.6 Å². The maximum Gasteiger partial charge on any atom is 0.340 e. The van der Waals surface area contributed by atoms with Crippen LogP contribution in [0.1, 0.15) is 36.0 Å². The van der Waals surface area contributed by atoms with Gasteiger partial charge in [-0.25, -0.2) is 18.4 Å². The number of carbonyl (C=O) groups is 2. The van der Waals surface area contributed by atoms with Crippen molar-refractivity contribution in [2.75, 3.05) is 6.61 Å². The van der Waals surface area contributed by atoms with Crippen molar-refractivity contribution in [2.24, 2.45) is 5.14 Å². The number of nitrogens with two attached hydrogens (primary N) is 1. The van der Waals surface area contributed by atoms with Gasteiger partial charge < -0.3 is 10.1 Å². The van der Waals surface area contributed by atoms with Crippen LogP contribution in [0.25, 0.3) is 0 Å². The summed E-state index contributed by atoms with van der Waals surface area (Å²) in [5.41, 5.74) is -0.237. The van der Waals surface area contributed by atoms with Gasteiger partial charge in [-0.05, 0) is 25.0 Å². The summed E-state index contributed by atoms with van der Waals surface area (Å²) in [6.07, 6.45) is 3.92. The molecule has 1 aliphatic carbocycles. The molecule has 0 radical (unpaired) electrons. The highest BCUT2D eigenvalue weighted by Crippen LogP contribution is 2.28. The lowest BCUT2D eigenvalue weighted by atomic mass is 10.2. The van der Waals surface area contributed by atoms with Crippen LogP contribution in [-0.2, 0) is 19.6 Å². The van der Waals surface area contributed by atoms with Crippen molar-refractivity contribution in [1.29, 1.82) is 0 Å². The summed E-state index contributed by atoms with van der Waals surface area (Å²) < 4.78 is 27.7. The molecule has 7 nitrogen and oxygen atoms in total. The van der Waals surface area contributed by atoms with E-state index in [1.54, 1.807) is 0 Å². The smallest absolute Gasteiger partial charge is 0.340 e. The Labute approximate surface area is 149 Å². The molecule has 10 heteroatoms. The summed E-state index contributed by atoms with van der Waals surface area (Å²) in [5.74, 6) is -1.37. The molecule has 1 saturated carbocycles. The fourth-order valence-electron chi connectivity index (χ4n) is 2.45. The molecule has 3 N–H and O–H groups in total. The predicted molar refractivity (Wildman–Crippen MR) is 88.5 cm³/mol. The fraction of sp³-hybridized carbons (Fsp3) is 0.429. The van der Waals surface area contributed by atoms with Crippen molar-refractivity contribution in [3.63, 3.8) is 0 Å². The molecular weight excluding hydrogens is 379 g/mol. The highest BCUT2D eigenvalue weighted by atomic mass is 35.5. The molecule has 1 amide bonds. The third-order valence-corrected chi connectivity index (χ3v) is 5.29. The number of sulfonamides is 1. The van der Waals surface area contributed by atoms with Crippen molar-refractivity contribution in [1.82, 2.24) is 5.32 Å². The maximum absolute atomic E-state index is 12.0. The SMILES string of the molecule is NS(=O)(=O)c1cc(C(=O)OCC(=O)NC2CCCC2)c(Cl)cc1Cl. The lowest BCUT2D eigenvalue weighted by molar-refractivity contribution is -0.124. The van der Waals surface area contributed by atoms with E-state index in [4.69, 9.17) is 33.1 Å². The third kappa shape index (κ3) is 4.83. The number of ether oxygens (including phenoxy) is 1. The van der Waals surface area contributed by atoms with Crippen molar-refractivity contribution in [3.05, 3.63) is 27.7 Å².